The molecule has 5 nitrogen and oxygen atoms in total. The minimum atomic E-state index is -0.210. The Morgan fingerprint density at radius 2 is 1.42 bits per heavy atom. The molecule has 5 aliphatic rings. The number of carbonyl (C=O) groups is 3. The van der Waals surface area contributed by atoms with Crippen LogP contribution in [-0.2, 0) is 9.59 Å². The number of benzene rings is 2. The van der Waals surface area contributed by atoms with Crippen LogP contribution in [0.5, 0.6) is 0 Å². The van der Waals surface area contributed by atoms with Gasteiger partial charge in [0.05, 0.1) is 17.5 Å². The summed E-state index contributed by atoms with van der Waals surface area (Å²) in [6.07, 6.45) is 5.51. The Bertz CT molecular complexity index is 1110. The molecule has 3 fully saturated rings. The summed E-state index contributed by atoms with van der Waals surface area (Å²) in [4.78, 5) is 40.6. The molecule has 3 amide bonds. The van der Waals surface area contributed by atoms with Gasteiger partial charge in [0.1, 0.15) is 0 Å². The maximum absolute atomic E-state index is 13.2. The first kappa shape index (κ1) is 18.6. The monoisotopic (exact) mass is 412 g/mol. The summed E-state index contributed by atoms with van der Waals surface area (Å²) in [5.41, 5.74) is 3.86. The van der Waals surface area contributed by atoms with Crippen LogP contribution in [0.2, 0.25) is 0 Å². The molecule has 2 bridgehead atoms. The van der Waals surface area contributed by atoms with Crippen LogP contribution >= 0.6 is 0 Å². The lowest BCUT2D eigenvalue weighted by Gasteiger charge is -2.37. The molecule has 4 aliphatic carbocycles. The molecule has 2 aromatic rings. The number of nitrogens with one attached hydrogen (secondary N) is 1. The van der Waals surface area contributed by atoms with Crippen molar-refractivity contribution in [2.24, 2.45) is 35.5 Å². The number of nitrogens with zero attached hydrogens (tertiary/aromatic N) is 1. The van der Waals surface area contributed by atoms with Gasteiger partial charge in [0.2, 0.25) is 11.8 Å². The van der Waals surface area contributed by atoms with E-state index in [0.717, 1.165) is 23.2 Å². The van der Waals surface area contributed by atoms with Crippen LogP contribution in [0.15, 0.2) is 54.6 Å². The molecule has 1 aliphatic heterocycles. The predicted molar refractivity (Wildman–Crippen MR) is 118 cm³/mol. The van der Waals surface area contributed by atoms with E-state index in [9.17, 15) is 14.4 Å². The molecule has 0 spiro atoms. The zero-order chi connectivity index (χ0) is 21.4. The summed E-state index contributed by atoms with van der Waals surface area (Å²) < 4.78 is 0. The largest absolute Gasteiger partial charge is 0.322 e. The van der Waals surface area contributed by atoms with Crippen molar-refractivity contribution in [3.05, 3.63) is 71.3 Å². The number of hydrogen-bond acceptors (Lipinski definition) is 3. The highest BCUT2D eigenvalue weighted by Crippen LogP contribution is 2.65. The van der Waals surface area contributed by atoms with Crippen molar-refractivity contribution in [1.82, 2.24) is 0 Å². The lowest BCUT2D eigenvalue weighted by Crippen LogP contribution is -2.40. The smallest absolute Gasteiger partial charge is 0.255 e. The number of amides is 3. The van der Waals surface area contributed by atoms with Gasteiger partial charge in [0.25, 0.3) is 5.91 Å². The molecule has 6 atom stereocenters. The molecule has 31 heavy (non-hydrogen) atoms. The minimum Gasteiger partial charge on any atom is -0.322 e. The number of para-hydroxylation sites is 1. The second-order valence-electron chi connectivity index (χ2n) is 9.43. The minimum absolute atomic E-state index is 0.0764. The summed E-state index contributed by atoms with van der Waals surface area (Å²) in [6, 6.07) is 12.7. The molecule has 1 N–H and O–H groups in total. The fourth-order valence-electron chi connectivity index (χ4n) is 6.17. The van der Waals surface area contributed by atoms with Gasteiger partial charge in [-0.2, -0.15) is 0 Å². The first-order valence-corrected chi connectivity index (χ1v) is 11.0. The third-order valence-corrected chi connectivity index (χ3v) is 7.77. The topological polar surface area (TPSA) is 66.5 Å². The van der Waals surface area contributed by atoms with Crippen LogP contribution in [0, 0.1) is 49.4 Å². The molecule has 0 unspecified atom stereocenters. The van der Waals surface area contributed by atoms with Gasteiger partial charge in [-0.05, 0) is 79.3 Å². The fraction of sp³-hybridized carbons (Fsp3) is 0.346. The van der Waals surface area contributed by atoms with E-state index >= 15 is 0 Å². The molecule has 2 saturated carbocycles. The van der Waals surface area contributed by atoms with Crippen molar-refractivity contribution in [1.29, 1.82) is 0 Å². The van der Waals surface area contributed by atoms with Crippen LogP contribution < -0.4 is 10.2 Å². The normalized spacial score (nSPS) is 32.1. The quantitative estimate of drug-likeness (QED) is 0.609. The Kier molecular flexibility index (Phi) is 3.83. The number of allylic oxidation sites excluding steroid dienone is 2. The van der Waals surface area contributed by atoms with Crippen molar-refractivity contribution in [2.75, 3.05) is 10.2 Å². The molecule has 0 aromatic heterocycles. The number of aryl methyl sites for hydroxylation is 2. The number of anilines is 2. The third-order valence-electron chi connectivity index (χ3n) is 7.77. The summed E-state index contributed by atoms with van der Waals surface area (Å²) >= 11 is 0. The Labute approximate surface area is 181 Å². The summed E-state index contributed by atoms with van der Waals surface area (Å²) in [5, 5.41) is 2.98. The Balaban J connectivity index is 1.24. The summed E-state index contributed by atoms with van der Waals surface area (Å²) in [6.45, 7) is 3.92. The second kappa shape index (κ2) is 6.39. The maximum atomic E-state index is 13.2. The van der Waals surface area contributed by atoms with Gasteiger partial charge in [-0.25, -0.2) is 0 Å². The number of hydrogen-bond donors (Lipinski definition) is 1. The average Bonchev–Trinajstić information content (AvgIpc) is 3.54. The lowest BCUT2D eigenvalue weighted by molar-refractivity contribution is -0.124. The van der Waals surface area contributed by atoms with Gasteiger partial charge in [0, 0.05) is 11.3 Å². The van der Waals surface area contributed by atoms with E-state index in [1.807, 2.05) is 32.0 Å². The summed E-state index contributed by atoms with van der Waals surface area (Å²) in [7, 11) is 0. The van der Waals surface area contributed by atoms with E-state index in [4.69, 9.17) is 0 Å². The van der Waals surface area contributed by atoms with Crippen LogP contribution in [0.4, 0.5) is 11.4 Å². The van der Waals surface area contributed by atoms with Crippen LogP contribution in [0.25, 0.3) is 0 Å². The molecule has 2 aromatic carbocycles. The maximum Gasteiger partial charge on any atom is 0.255 e. The van der Waals surface area contributed by atoms with E-state index in [-0.39, 0.29) is 41.4 Å². The molecule has 1 heterocycles. The van der Waals surface area contributed by atoms with Crippen molar-refractivity contribution in [2.45, 2.75) is 20.3 Å². The molecule has 7 rings (SSSR count). The lowest BCUT2D eigenvalue weighted by atomic mass is 9.63. The number of rotatable bonds is 3. The molecule has 156 valence electrons. The Morgan fingerprint density at radius 1 is 0.871 bits per heavy atom. The first-order valence-electron chi connectivity index (χ1n) is 11.0. The first-order chi connectivity index (χ1) is 15.0. The summed E-state index contributed by atoms with van der Waals surface area (Å²) in [5.74, 6) is 0.816. The van der Waals surface area contributed by atoms with Crippen LogP contribution in [0.3, 0.4) is 0 Å². The van der Waals surface area contributed by atoms with E-state index in [1.54, 1.807) is 24.3 Å². The van der Waals surface area contributed by atoms with Crippen molar-refractivity contribution in [3.8, 4) is 0 Å². The molecular formula is C26H24N2O3. The zero-order valence-electron chi connectivity index (χ0n) is 17.5. The fourth-order valence-corrected chi connectivity index (χ4v) is 6.17. The van der Waals surface area contributed by atoms with Crippen molar-refractivity contribution < 1.29 is 14.4 Å². The Morgan fingerprint density at radius 3 is 1.97 bits per heavy atom. The van der Waals surface area contributed by atoms with Gasteiger partial charge in [-0.1, -0.05) is 30.4 Å². The van der Waals surface area contributed by atoms with Crippen LogP contribution in [-0.4, -0.2) is 17.7 Å². The number of carbonyl (C=O) groups excluding carboxylic acids is 3. The van der Waals surface area contributed by atoms with E-state index < -0.39 is 0 Å². The SMILES string of the molecule is Cc1cccc(C)c1NC(=O)c1ccc(N2C(=O)[C@@H]3[C@H]4C=C[C@@H]([C@@H]5C[C@H]45)[C@@H]3C2=O)cc1. The van der Waals surface area contributed by atoms with E-state index in [1.165, 1.54) is 4.90 Å². The highest BCUT2D eigenvalue weighted by atomic mass is 16.2. The highest BCUT2D eigenvalue weighted by molar-refractivity contribution is 6.22. The number of imide groups is 1. The van der Waals surface area contributed by atoms with Gasteiger partial charge in [-0.15, -0.1) is 0 Å². The van der Waals surface area contributed by atoms with Crippen molar-refractivity contribution >= 4 is 29.1 Å². The van der Waals surface area contributed by atoms with E-state index in [2.05, 4.69) is 17.5 Å². The standard InChI is InChI=1S/C26H24N2O3/c1-13-4-3-5-14(2)23(13)27-24(29)15-6-8-16(9-7-15)28-25(30)21-17-10-11-18(20-12-19(17)20)22(21)26(28)31/h3-11,17-22H,12H2,1-2H3,(H,27,29)/t17-,18-,19-,20+,21-,22+/m0/s1. The predicted octanol–water partition coefficient (Wildman–Crippen LogP) is 4.11. The highest BCUT2D eigenvalue weighted by Gasteiger charge is 2.67. The zero-order valence-corrected chi connectivity index (χ0v) is 17.5. The molecule has 5 heteroatoms. The van der Waals surface area contributed by atoms with Gasteiger partial charge in [0.15, 0.2) is 0 Å². The second-order valence-corrected chi connectivity index (χ2v) is 9.43. The average molecular weight is 412 g/mol. The molecule has 1 saturated heterocycles. The van der Waals surface area contributed by atoms with E-state index in [0.29, 0.717) is 23.1 Å². The van der Waals surface area contributed by atoms with Crippen LogP contribution in [0.1, 0.15) is 27.9 Å². The van der Waals surface area contributed by atoms with Crippen molar-refractivity contribution in [3.63, 3.8) is 0 Å². The van der Waals surface area contributed by atoms with Gasteiger partial charge >= 0.3 is 0 Å². The third kappa shape index (κ3) is 2.59. The van der Waals surface area contributed by atoms with Gasteiger partial charge < -0.3 is 5.32 Å². The molecular weight excluding hydrogens is 388 g/mol. The Hall–Kier alpha value is -3.21. The van der Waals surface area contributed by atoms with Gasteiger partial charge in [-0.3, -0.25) is 19.3 Å². The molecule has 0 radical (unpaired) electrons.